The quantitative estimate of drug-likeness (QED) is 0.478. The van der Waals surface area contributed by atoms with Crippen LogP contribution in [0.4, 0.5) is 0 Å². The maximum absolute atomic E-state index is 12.3. The number of amides is 1. The van der Waals surface area contributed by atoms with E-state index < -0.39 is 29.9 Å². The normalized spacial score (nSPS) is 39.8. The summed E-state index contributed by atoms with van der Waals surface area (Å²) >= 11 is 0. The predicted octanol–water partition coefficient (Wildman–Crippen LogP) is 3.57. The zero-order chi connectivity index (χ0) is 24.8. The minimum atomic E-state index is -0.832. The van der Waals surface area contributed by atoms with Gasteiger partial charge in [0, 0.05) is 23.8 Å². The first kappa shape index (κ1) is 24.5. The van der Waals surface area contributed by atoms with Gasteiger partial charge in [0.05, 0.1) is 6.61 Å². The molecule has 9 heteroatoms. The molecule has 0 aromatic heterocycles. The molecule has 5 aliphatic rings. The molecule has 1 spiro atoms. The zero-order valence-corrected chi connectivity index (χ0v) is 20.8. The van der Waals surface area contributed by atoms with Crippen molar-refractivity contribution >= 4 is 11.9 Å². The van der Waals surface area contributed by atoms with Gasteiger partial charge >= 0.3 is 5.97 Å². The molecular weight excluding hydrogens is 454 g/mol. The van der Waals surface area contributed by atoms with Gasteiger partial charge in [-0.1, -0.05) is 13.8 Å². The highest BCUT2D eigenvalue weighted by Crippen LogP contribution is 2.60. The number of rotatable bonds is 6. The second-order valence-electron chi connectivity index (χ2n) is 10.4. The molecule has 9 nitrogen and oxygen atoms in total. The van der Waals surface area contributed by atoms with E-state index >= 15 is 0 Å². The van der Waals surface area contributed by atoms with Crippen molar-refractivity contribution in [2.45, 2.75) is 77.3 Å². The molecule has 8 atom stereocenters. The lowest BCUT2D eigenvalue weighted by molar-refractivity contribution is -0.575. The molecule has 1 amide bonds. The summed E-state index contributed by atoms with van der Waals surface area (Å²) in [7, 11) is 0. The van der Waals surface area contributed by atoms with E-state index in [0.29, 0.717) is 23.1 Å². The first-order chi connectivity index (χ1) is 16.8. The van der Waals surface area contributed by atoms with Crippen molar-refractivity contribution < 1.29 is 38.3 Å². The SMILES string of the molecule is CCOC(=O)CNC(=O)c1ccc(O[C@H]2O[C@@H]3O[C@]4(C)CC[C@H]5[C@H](C)CC[C@@H]([C@H]2C)[C@@]35OO4)cc1. The number of hydrogen-bond donors (Lipinski definition) is 1. The van der Waals surface area contributed by atoms with Crippen LogP contribution in [-0.2, 0) is 28.8 Å². The lowest BCUT2D eigenvalue weighted by Gasteiger charge is -2.60. The van der Waals surface area contributed by atoms with Crippen molar-refractivity contribution in [1.29, 1.82) is 0 Å². The monoisotopic (exact) mass is 489 g/mol. The molecule has 6 rings (SSSR count). The number of benzene rings is 1. The maximum atomic E-state index is 12.3. The first-order valence-electron chi connectivity index (χ1n) is 12.7. The van der Waals surface area contributed by atoms with Crippen LogP contribution in [0.1, 0.15) is 63.7 Å². The smallest absolute Gasteiger partial charge is 0.325 e. The van der Waals surface area contributed by atoms with E-state index in [-0.39, 0.29) is 30.9 Å². The Morgan fingerprint density at radius 3 is 2.60 bits per heavy atom. The third-order valence-electron chi connectivity index (χ3n) is 8.16. The summed E-state index contributed by atoms with van der Waals surface area (Å²) in [5.41, 5.74) is -0.210. The Kier molecular flexibility index (Phi) is 6.54. The van der Waals surface area contributed by atoms with Gasteiger partial charge in [-0.25, -0.2) is 9.78 Å². The van der Waals surface area contributed by atoms with E-state index in [2.05, 4.69) is 19.2 Å². The fourth-order valence-corrected chi connectivity index (χ4v) is 6.29. The average Bonchev–Trinajstić information content (AvgIpc) is 3.07. The van der Waals surface area contributed by atoms with Gasteiger partial charge in [0.25, 0.3) is 5.91 Å². The molecule has 1 aliphatic carbocycles. The molecule has 5 fully saturated rings. The Morgan fingerprint density at radius 2 is 1.86 bits per heavy atom. The topological polar surface area (TPSA) is 102 Å². The van der Waals surface area contributed by atoms with Crippen LogP contribution < -0.4 is 10.1 Å². The van der Waals surface area contributed by atoms with E-state index in [9.17, 15) is 9.59 Å². The second kappa shape index (κ2) is 9.35. The van der Waals surface area contributed by atoms with Crippen molar-refractivity contribution in [2.24, 2.45) is 23.7 Å². The first-order valence-corrected chi connectivity index (χ1v) is 12.7. The molecule has 1 N–H and O–H groups in total. The molecule has 1 aromatic carbocycles. The summed E-state index contributed by atoms with van der Waals surface area (Å²) in [4.78, 5) is 35.8. The van der Waals surface area contributed by atoms with Gasteiger partial charge < -0.3 is 24.3 Å². The molecule has 0 radical (unpaired) electrons. The third-order valence-corrected chi connectivity index (χ3v) is 8.16. The zero-order valence-electron chi connectivity index (χ0n) is 20.8. The molecule has 4 saturated heterocycles. The van der Waals surface area contributed by atoms with Crippen LogP contribution >= 0.6 is 0 Å². The highest BCUT2D eigenvalue weighted by Gasteiger charge is 2.69. The predicted molar refractivity (Wildman–Crippen MR) is 123 cm³/mol. The van der Waals surface area contributed by atoms with Crippen molar-refractivity contribution in [3.63, 3.8) is 0 Å². The molecule has 2 bridgehead atoms. The van der Waals surface area contributed by atoms with Crippen LogP contribution in [0.3, 0.4) is 0 Å². The number of ether oxygens (including phenoxy) is 4. The van der Waals surface area contributed by atoms with Gasteiger partial charge in [0.1, 0.15) is 12.3 Å². The van der Waals surface area contributed by atoms with Crippen molar-refractivity contribution in [3.05, 3.63) is 29.8 Å². The van der Waals surface area contributed by atoms with Gasteiger partial charge in [-0.3, -0.25) is 9.59 Å². The van der Waals surface area contributed by atoms with E-state index in [1.807, 2.05) is 6.92 Å². The van der Waals surface area contributed by atoms with Gasteiger partial charge in [-0.2, -0.15) is 0 Å². The van der Waals surface area contributed by atoms with E-state index in [1.54, 1.807) is 31.2 Å². The maximum Gasteiger partial charge on any atom is 0.325 e. The molecule has 4 heterocycles. The largest absolute Gasteiger partial charge is 0.465 e. The van der Waals surface area contributed by atoms with Gasteiger partial charge in [-0.05, 0) is 69.2 Å². The van der Waals surface area contributed by atoms with E-state index in [1.165, 1.54) is 0 Å². The number of carbonyl (C=O) groups is 2. The third kappa shape index (κ3) is 4.33. The van der Waals surface area contributed by atoms with Crippen LogP contribution in [0.2, 0.25) is 0 Å². The molecule has 1 aromatic rings. The minimum absolute atomic E-state index is 0.0449. The van der Waals surface area contributed by atoms with Crippen molar-refractivity contribution in [1.82, 2.24) is 5.32 Å². The lowest BCUT2D eigenvalue weighted by atomic mass is 9.58. The Morgan fingerprint density at radius 1 is 1.09 bits per heavy atom. The van der Waals surface area contributed by atoms with Gasteiger partial charge in [-0.15, -0.1) is 0 Å². The fourth-order valence-electron chi connectivity index (χ4n) is 6.29. The Bertz CT molecular complexity index is 953. The van der Waals surface area contributed by atoms with Gasteiger partial charge in [0.15, 0.2) is 11.9 Å². The van der Waals surface area contributed by atoms with E-state index in [4.69, 9.17) is 28.7 Å². The standard InChI is InChI=1S/C26H35NO8/c1-5-30-21(28)14-27-22(29)17-7-9-18(10-8-17)31-23-16(3)20-11-6-15(2)19-12-13-25(4)33-24(32-23)26(19,20)35-34-25/h7-10,15-16,19-20,23-24H,5-6,11-14H2,1-4H3,(H,27,29)/t15-,16-,19+,20+,23+,24-,25+,26-/m1/s1. The summed E-state index contributed by atoms with van der Waals surface area (Å²) in [5.74, 6) is -0.0671. The van der Waals surface area contributed by atoms with Crippen LogP contribution in [-0.4, -0.2) is 49.0 Å². The van der Waals surface area contributed by atoms with Crippen molar-refractivity contribution in [3.8, 4) is 5.75 Å². The summed E-state index contributed by atoms with van der Waals surface area (Å²) in [6.07, 6.45) is 2.75. The second-order valence-corrected chi connectivity index (χ2v) is 10.4. The van der Waals surface area contributed by atoms with Crippen LogP contribution in [0.25, 0.3) is 0 Å². The van der Waals surface area contributed by atoms with E-state index in [0.717, 1.165) is 25.7 Å². The Balaban J connectivity index is 1.29. The molecule has 1 saturated carbocycles. The number of fused-ring (bicyclic) bond motifs is 2. The molecule has 192 valence electrons. The van der Waals surface area contributed by atoms with Gasteiger partial charge in [0.2, 0.25) is 12.1 Å². The van der Waals surface area contributed by atoms with Crippen molar-refractivity contribution in [2.75, 3.05) is 13.2 Å². The molecule has 4 aliphatic heterocycles. The lowest BCUT2D eigenvalue weighted by Crippen LogP contribution is -2.70. The number of hydrogen-bond acceptors (Lipinski definition) is 8. The highest BCUT2D eigenvalue weighted by atomic mass is 17.3. The average molecular weight is 490 g/mol. The number of esters is 1. The number of carbonyl (C=O) groups excluding carboxylic acids is 2. The van der Waals surface area contributed by atoms with Crippen LogP contribution in [0, 0.1) is 23.7 Å². The van der Waals surface area contributed by atoms with Crippen LogP contribution in [0.5, 0.6) is 5.75 Å². The summed E-state index contributed by atoms with van der Waals surface area (Å²) in [6, 6.07) is 6.77. The summed E-state index contributed by atoms with van der Waals surface area (Å²) < 4.78 is 23.9. The Labute approximate surface area is 205 Å². The van der Waals surface area contributed by atoms with Crippen LogP contribution in [0.15, 0.2) is 24.3 Å². The summed E-state index contributed by atoms with van der Waals surface area (Å²) in [5, 5.41) is 2.55. The fraction of sp³-hybridized carbons (Fsp3) is 0.692. The molecular formula is C26H35NO8. The molecule has 0 unspecified atom stereocenters. The minimum Gasteiger partial charge on any atom is -0.465 e. The highest BCUT2D eigenvalue weighted by molar-refractivity contribution is 5.96. The Hall–Kier alpha value is -2.20. The number of nitrogens with one attached hydrogen (secondary N) is 1. The summed E-state index contributed by atoms with van der Waals surface area (Å²) in [6.45, 7) is 8.14. The molecule has 35 heavy (non-hydrogen) atoms.